The van der Waals surface area contributed by atoms with Gasteiger partial charge in [-0.15, -0.1) is 0 Å². The van der Waals surface area contributed by atoms with Crippen LogP contribution in [0.1, 0.15) is 100 Å². The fourth-order valence-corrected chi connectivity index (χ4v) is 6.68. The van der Waals surface area contributed by atoms with Crippen LogP contribution < -0.4 is 5.32 Å². The Morgan fingerprint density at radius 1 is 1.03 bits per heavy atom. The Balaban J connectivity index is 1.30. The molecule has 5 rings (SSSR count). The maximum Gasteiger partial charge on any atom is 0.0828 e. The lowest BCUT2D eigenvalue weighted by atomic mass is 9.68. The monoisotopic (exact) mass is 448 g/mol. The zero-order chi connectivity index (χ0) is 22.6. The van der Waals surface area contributed by atoms with Gasteiger partial charge < -0.3 is 14.8 Å². The minimum absolute atomic E-state index is 0.0804. The minimum atomic E-state index is 0.0804. The molecule has 1 saturated carbocycles. The molecule has 1 N–H and O–H groups in total. The Labute approximate surface area is 199 Å². The van der Waals surface area contributed by atoms with Gasteiger partial charge in [-0.25, -0.2) is 0 Å². The smallest absolute Gasteiger partial charge is 0.0828 e. The summed E-state index contributed by atoms with van der Waals surface area (Å²) in [5, 5.41) is 3.95. The number of fused-ring (bicyclic) bond motifs is 1. The Morgan fingerprint density at radius 2 is 1.85 bits per heavy atom. The highest BCUT2D eigenvalue weighted by atomic mass is 16.5. The Morgan fingerprint density at radius 3 is 2.64 bits per heavy atom. The molecule has 1 spiro atoms. The van der Waals surface area contributed by atoms with Crippen molar-refractivity contribution in [2.75, 3.05) is 19.8 Å². The minimum Gasteiger partial charge on any atom is -0.375 e. The Bertz CT molecular complexity index is 896. The molecule has 0 bridgehead atoms. The summed E-state index contributed by atoms with van der Waals surface area (Å²) < 4.78 is 12.6. The first-order chi connectivity index (χ1) is 16.2. The summed E-state index contributed by atoms with van der Waals surface area (Å²) in [6.07, 6.45) is 13.8. The molecule has 0 amide bonds. The Hall–Kier alpha value is -1.75. The molecule has 4 heteroatoms. The molecule has 3 atom stereocenters. The summed E-state index contributed by atoms with van der Waals surface area (Å²) in [5.41, 5.74) is 4.26. The lowest BCUT2D eigenvalue weighted by molar-refractivity contribution is -0.104. The molecule has 0 unspecified atom stereocenters. The van der Waals surface area contributed by atoms with Crippen molar-refractivity contribution in [1.29, 1.82) is 0 Å². The van der Waals surface area contributed by atoms with Gasteiger partial charge in [0.05, 0.1) is 11.7 Å². The molecular formula is C29H40N2O2. The highest BCUT2D eigenvalue weighted by Crippen LogP contribution is 2.49. The summed E-state index contributed by atoms with van der Waals surface area (Å²) in [6, 6.07) is 15.7. The van der Waals surface area contributed by atoms with Gasteiger partial charge >= 0.3 is 0 Å². The van der Waals surface area contributed by atoms with Crippen LogP contribution in [0, 0.1) is 0 Å². The standard InChI is InChI=1S/C29H40N2O2/c1-2-20-32-26-13-12-25(23-9-3-4-10-24(23)26)30-19-16-28(27-11-5-8-18-31-27)17-21-33-29(22-28)14-6-7-15-29/h3-5,8-11,18,25-26,30H,2,6-7,12-17,19-22H2,1H3/t25-,26-,28+/m0/s1. The molecule has 2 heterocycles. The van der Waals surface area contributed by atoms with E-state index in [1.165, 1.54) is 42.5 Å². The SMILES string of the molecule is CCCO[C@H]1CC[C@H](NCC[C@@]2(c3ccccn3)CCOC3(CCCC3)C2)c2ccccc21. The van der Waals surface area contributed by atoms with Gasteiger partial charge in [-0.05, 0) is 81.2 Å². The average Bonchev–Trinajstić information content (AvgIpc) is 3.31. The third-order valence-corrected chi connectivity index (χ3v) is 8.33. The third kappa shape index (κ3) is 4.89. The topological polar surface area (TPSA) is 43.4 Å². The van der Waals surface area contributed by atoms with E-state index in [-0.39, 0.29) is 17.1 Å². The highest BCUT2D eigenvalue weighted by molar-refractivity contribution is 5.34. The van der Waals surface area contributed by atoms with E-state index in [0.29, 0.717) is 6.04 Å². The fraction of sp³-hybridized carbons (Fsp3) is 0.621. The van der Waals surface area contributed by atoms with Crippen molar-refractivity contribution in [3.05, 3.63) is 65.5 Å². The fourth-order valence-electron chi connectivity index (χ4n) is 6.68. The predicted octanol–water partition coefficient (Wildman–Crippen LogP) is 6.43. The van der Waals surface area contributed by atoms with Gasteiger partial charge in [0.1, 0.15) is 0 Å². The molecule has 178 valence electrons. The van der Waals surface area contributed by atoms with Crippen LogP contribution in [0.15, 0.2) is 48.7 Å². The highest BCUT2D eigenvalue weighted by Gasteiger charge is 2.48. The first-order valence-electron chi connectivity index (χ1n) is 13.2. The van der Waals surface area contributed by atoms with Gasteiger partial charge in [0.25, 0.3) is 0 Å². The van der Waals surface area contributed by atoms with E-state index in [4.69, 9.17) is 14.5 Å². The molecular weight excluding hydrogens is 408 g/mol. The van der Waals surface area contributed by atoms with E-state index in [1.54, 1.807) is 0 Å². The van der Waals surface area contributed by atoms with Gasteiger partial charge in [-0.3, -0.25) is 4.98 Å². The summed E-state index contributed by atoms with van der Waals surface area (Å²) in [5.74, 6) is 0. The molecule has 2 aromatic rings. The number of nitrogens with zero attached hydrogens (tertiary/aromatic N) is 1. The van der Waals surface area contributed by atoms with Crippen molar-refractivity contribution in [2.24, 2.45) is 0 Å². The van der Waals surface area contributed by atoms with Gasteiger partial charge in [-0.1, -0.05) is 50.1 Å². The predicted molar refractivity (Wildman–Crippen MR) is 132 cm³/mol. The molecule has 2 aliphatic carbocycles. The van der Waals surface area contributed by atoms with Crippen LogP contribution in [0.5, 0.6) is 0 Å². The average molecular weight is 449 g/mol. The van der Waals surface area contributed by atoms with E-state index in [0.717, 1.165) is 58.3 Å². The van der Waals surface area contributed by atoms with Crippen LogP contribution in [-0.4, -0.2) is 30.3 Å². The van der Waals surface area contributed by atoms with Crippen molar-refractivity contribution in [3.63, 3.8) is 0 Å². The van der Waals surface area contributed by atoms with Crippen LogP contribution in [0.4, 0.5) is 0 Å². The number of hydrogen-bond donors (Lipinski definition) is 1. The van der Waals surface area contributed by atoms with Crippen molar-refractivity contribution in [3.8, 4) is 0 Å². The zero-order valence-corrected chi connectivity index (χ0v) is 20.2. The third-order valence-electron chi connectivity index (χ3n) is 8.33. The molecule has 3 aliphatic rings. The van der Waals surface area contributed by atoms with Gasteiger partial charge in [-0.2, -0.15) is 0 Å². The van der Waals surface area contributed by atoms with E-state index in [9.17, 15) is 0 Å². The zero-order valence-electron chi connectivity index (χ0n) is 20.2. The number of benzene rings is 1. The van der Waals surface area contributed by atoms with E-state index in [1.807, 2.05) is 12.3 Å². The normalized spacial score (nSPS) is 28.6. The second kappa shape index (κ2) is 10.2. The number of aromatic nitrogens is 1. The molecule has 33 heavy (non-hydrogen) atoms. The maximum absolute atomic E-state index is 6.43. The number of pyridine rings is 1. The molecule has 1 aromatic carbocycles. The van der Waals surface area contributed by atoms with Gasteiger partial charge in [0, 0.05) is 36.6 Å². The van der Waals surface area contributed by atoms with Crippen LogP contribution in [-0.2, 0) is 14.9 Å². The van der Waals surface area contributed by atoms with E-state index in [2.05, 4.69) is 48.6 Å². The molecule has 4 nitrogen and oxygen atoms in total. The second-order valence-corrected chi connectivity index (χ2v) is 10.5. The van der Waals surface area contributed by atoms with Gasteiger partial charge in [0.2, 0.25) is 0 Å². The summed E-state index contributed by atoms with van der Waals surface area (Å²) in [6.45, 7) is 4.89. The quantitative estimate of drug-likeness (QED) is 0.506. The summed E-state index contributed by atoms with van der Waals surface area (Å²) in [4.78, 5) is 4.87. The number of ether oxygens (including phenoxy) is 2. The van der Waals surface area contributed by atoms with Crippen LogP contribution in [0.2, 0.25) is 0 Å². The lowest BCUT2D eigenvalue weighted by Gasteiger charge is -2.46. The van der Waals surface area contributed by atoms with Crippen LogP contribution in [0.3, 0.4) is 0 Å². The number of rotatable bonds is 8. The van der Waals surface area contributed by atoms with E-state index >= 15 is 0 Å². The molecule has 1 aromatic heterocycles. The lowest BCUT2D eigenvalue weighted by Crippen LogP contribution is -2.47. The van der Waals surface area contributed by atoms with Crippen LogP contribution >= 0.6 is 0 Å². The Kier molecular flexibility index (Phi) is 7.15. The van der Waals surface area contributed by atoms with Gasteiger partial charge in [0.15, 0.2) is 0 Å². The summed E-state index contributed by atoms with van der Waals surface area (Å²) >= 11 is 0. The van der Waals surface area contributed by atoms with Crippen molar-refractivity contribution in [1.82, 2.24) is 10.3 Å². The van der Waals surface area contributed by atoms with Crippen molar-refractivity contribution in [2.45, 2.75) is 94.3 Å². The van der Waals surface area contributed by atoms with Crippen LogP contribution in [0.25, 0.3) is 0 Å². The first-order valence-corrected chi connectivity index (χ1v) is 13.2. The number of nitrogens with one attached hydrogen (secondary N) is 1. The van der Waals surface area contributed by atoms with Crippen molar-refractivity contribution < 1.29 is 9.47 Å². The summed E-state index contributed by atoms with van der Waals surface area (Å²) in [7, 11) is 0. The molecule has 1 saturated heterocycles. The van der Waals surface area contributed by atoms with Crippen molar-refractivity contribution >= 4 is 0 Å². The maximum atomic E-state index is 6.43. The molecule has 2 fully saturated rings. The largest absolute Gasteiger partial charge is 0.375 e. The molecule has 0 radical (unpaired) electrons. The number of hydrogen-bond acceptors (Lipinski definition) is 4. The van der Waals surface area contributed by atoms with E-state index < -0.39 is 0 Å². The first kappa shape index (κ1) is 23.0. The second-order valence-electron chi connectivity index (χ2n) is 10.5. The molecule has 1 aliphatic heterocycles.